The number of rotatable bonds is 7. The van der Waals surface area contributed by atoms with Crippen LogP contribution in [-0.4, -0.2) is 31.4 Å². The van der Waals surface area contributed by atoms with Gasteiger partial charge in [-0.2, -0.15) is 0 Å². The van der Waals surface area contributed by atoms with Gasteiger partial charge in [-0.05, 0) is 55.5 Å². The Bertz CT molecular complexity index is 1340. The number of halogens is 4. The Hall–Kier alpha value is -2.92. The van der Waals surface area contributed by atoms with Crippen LogP contribution < -0.4 is 10.0 Å². The van der Waals surface area contributed by atoms with Crippen molar-refractivity contribution in [1.82, 2.24) is 4.98 Å². The highest BCUT2D eigenvalue weighted by Gasteiger charge is 2.26. The highest BCUT2D eigenvalue weighted by atomic mass is 35.5. The first-order chi connectivity index (χ1) is 16.0. The van der Waals surface area contributed by atoms with E-state index in [9.17, 15) is 22.4 Å². The standard InChI is InChI=1S/C21H15Cl3FN3O5S/c1-11(20(29)27-19-7-2-12(22)10-26-19)33-21(30)15-8-18(17(24)9-16(15)23)34(31,32)28-14-5-3-13(25)4-6-14/h2-11,28H,1H3,(H,26,27,29)/t11-/m0/s1. The van der Waals surface area contributed by atoms with Crippen LogP contribution in [0.2, 0.25) is 15.1 Å². The number of aromatic nitrogens is 1. The summed E-state index contributed by atoms with van der Waals surface area (Å²) in [7, 11) is -4.29. The van der Waals surface area contributed by atoms with Gasteiger partial charge in [-0.1, -0.05) is 34.8 Å². The fraction of sp³-hybridized carbons (Fsp3) is 0.0952. The Morgan fingerprint density at radius 3 is 2.32 bits per heavy atom. The molecule has 0 unspecified atom stereocenters. The van der Waals surface area contributed by atoms with Gasteiger partial charge >= 0.3 is 5.97 Å². The lowest BCUT2D eigenvalue weighted by atomic mass is 10.2. The number of nitrogens with one attached hydrogen (secondary N) is 2. The van der Waals surface area contributed by atoms with Gasteiger partial charge in [0.25, 0.3) is 15.9 Å². The number of hydrogen-bond acceptors (Lipinski definition) is 6. The van der Waals surface area contributed by atoms with Gasteiger partial charge in [0, 0.05) is 11.9 Å². The molecule has 3 aromatic rings. The number of amides is 1. The Morgan fingerprint density at radius 2 is 1.71 bits per heavy atom. The van der Waals surface area contributed by atoms with E-state index in [2.05, 4.69) is 15.0 Å². The van der Waals surface area contributed by atoms with Crippen LogP contribution in [0.1, 0.15) is 17.3 Å². The predicted molar refractivity (Wildman–Crippen MR) is 126 cm³/mol. The summed E-state index contributed by atoms with van der Waals surface area (Å²) in [6.45, 7) is 1.31. The van der Waals surface area contributed by atoms with Crippen LogP contribution in [0.25, 0.3) is 0 Å². The van der Waals surface area contributed by atoms with E-state index in [1.54, 1.807) is 0 Å². The lowest BCUT2D eigenvalue weighted by Crippen LogP contribution is -2.30. The third kappa shape index (κ3) is 6.35. The molecule has 1 heterocycles. The van der Waals surface area contributed by atoms with Crippen LogP contribution in [0.3, 0.4) is 0 Å². The molecule has 0 bridgehead atoms. The number of benzene rings is 2. The molecule has 0 aliphatic carbocycles. The molecule has 13 heteroatoms. The minimum atomic E-state index is -4.29. The van der Waals surface area contributed by atoms with Crippen LogP contribution in [0.15, 0.2) is 59.6 Å². The van der Waals surface area contributed by atoms with Crippen molar-refractivity contribution in [2.75, 3.05) is 10.0 Å². The highest BCUT2D eigenvalue weighted by molar-refractivity contribution is 7.92. The van der Waals surface area contributed by atoms with Gasteiger partial charge in [0.05, 0.1) is 20.6 Å². The second-order valence-corrected chi connectivity index (χ2v) is 9.67. The van der Waals surface area contributed by atoms with Crippen molar-refractivity contribution in [3.63, 3.8) is 0 Å². The Balaban J connectivity index is 1.79. The maximum absolute atomic E-state index is 13.1. The zero-order valence-electron chi connectivity index (χ0n) is 17.2. The van der Waals surface area contributed by atoms with Crippen molar-refractivity contribution in [1.29, 1.82) is 0 Å². The van der Waals surface area contributed by atoms with Crippen molar-refractivity contribution in [3.05, 3.63) is 81.2 Å². The van der Waals surface area contributed by atoms with Crippen molar-refractivity contribution in [2.45, 2.75) is 17.9 Å². The molecule has 0 aliphatic rings. The first kappa shape index (κ1) is 25.7. The molecule has 0 saturated heterocycles. The normalized spacial score (nSPS) is 12.0. The van der Waals surface area contributed by atoms with E-state index in [-0.39, 0.29) is 27.1 Å². The molecule has 0 aliphatic heterocycles. The van der Waals surface area contributed by atoms with E-state index >= 15 is 0 Å². The van der Waals surface area contributed by atoms with E-state index in [0.29, 0.717) is 5.02 Å². The summed E-state index contributed by atoms with van der Waals surface area (Å²) in [4.78, 5) is 28.4. The average molecular weight is 547 g/mol. The smallest absolute Gasteiger partial charge is 0.340 e. The number of carbonyl (C=O) groups excluding carboxylic acids is 2. The molecule has 8 nitrogen and oxygen atoms in total. The fourth-order valence-corrected chi connectivity index (χ4v) is 4.60. The Morgan fingerprint density at radius 1 is 1.03 bits per heavy atom. The van der Waals surface area contributed by atoms with Crippen LogP contribution in [-0.2, 0) is 19.6 Å². The van der Waals surface area contributed by atoms with E-state index in [4.69, 9.17) is 39.5 Å². The lowest BCUT2D eigenvalue weighted by Gasteiger charge is -2.15. The molecule has 2 aromatic carbocycles. The SMILES string of the molecule is C[C@H](OC(=O)c1cc(S(=O)(=O)Nc2ccc(F)cc2)c(Cl)cc1Cl)C(=O)Nc1ccc(Cl)cn1. The second-order valence-electron chi connectivity index (χ2n) is 6.77. The van der Waals surface area contributed by atoms with E-state index in [1.807, 2.05) is 0 Å². The maximum atomic E-state index is 13.1. The minimum Gasteiger partial charge on any atom is -0.449 e. The van der Waals surface area contributed by atoms with Crippen LogP contribution in [0.5, 0.6) is 0 Å². The summed E-state index contributed by atoms with van der Waals surface area (Å²) >= 11 is 17.9. The minimum absolute atomic E-state index is 0.0673. The molecule has 0 radical (unpaired) electrons. The summed E-state index contributed by atoms with van der Waals surface area (Å²) in [5.41, 5.74) is -0.271. The monoisotopic (exact) mass is 545 g/mol. The molecule has 34 heavy (non-hydrogen) atoms. The van der Waals surface area contributed by atoms with Gasteiger partial charge in [0.2, 0.25) is 0 Å². The quantitative estimate of drug-likeness (QED) is 0.395. The van der Waals surface area contributed by atoms with Gasteiger partial charge in [-0.15, -0.1) is 0 Å². The second kappa shape index (κ2) is 10.6. The summed E-state index contributed by atoms with van der Waals surface area (Å²) < 4.78 is 46.0. The number of carbonyl (C=O) groups is 2. The molecule has 1 atom stereocenters. The number of hydrogen-bond donors (Lipinski definition) is 2. The van der Waals surface area contributed by atoms with E-state index < -0.39 is 38.7 Å². The molecule has 2 N–H and O–H groups in total. The largest absolute Gasteiger partial charge is 0.449 e. The van der Waals surface area contributed by atoms with Gasteiger partial charge in [0.1, 0.15) is 16.5 Å². The van der Waals surface area contributed by atoms with Crippen LogP contribution in [0, 0.1) is 5.82 Å². The number of anilines is 2. The number of pyridine rings is 1. The summed E-state index contributed by atoms with van der Waals surface area (Å²) in [5, 5.41) is 2.35. The highest BCUT2D eigenvalue weighted by Crippen LogP contribution is 2.30. The zero-order valence-corrected chi connectivity index (χ0v) is 20.3. The van der Waals surface area contributed by atoms with Crippen molar-refractivity contribution in [3.8, 4) is 0 Å². The van der Waals surface area contributed by atoms with Gasteiger partial charge in [0.15, 0.2) is 6.10 Å². The molecule has 3 rings (SSSR count). The fourth-order valence-electron chi connectivity index (χ4n) is 2.57. The number of nitrogens with zero attached hydrogens (tertiary/aromatic N) is 1. The number of sulfonamides is 1. The predicted octanol–water partition coefficient (Wildman–Crippen LogP) is 5.17. The molecule has 1 amide bonds. The summed E-state index contributed by atoms with van der Waals surface area (Å²) in [5.74, 6) is -2.13. The van der Waals surface area contributed by atoms with Gasteiger partial charge < -0.3 is 10.1 Å². The third-order valence-corrected chi connectivity index (χ3v) is 6.64. The first-order valence-corrected chi connectivity index (χ1v) is 12.0. The topological polar surface area (TPSA) is 114 Å². The number of esters is 1. The lowest BCUT2D eigenvalue weighted by molar-refractivity contribution is -0.123. The Labute approximate surface area is 209 Å². The number of ether oxygens (including phenoxy) is 1. The molecule has 178 valence electrons. The van der Waals surface area contributed by atoms with E-state index in [1.165, 1.54) is 37.4 Å². The molecule has 0 spiro atoms. The summed E-state index contributed by atoms with van der Waals surface area (Å²) in [6, 6.07) is 9.49. The first-order valence-electron chi connectivity index (χ1n) is 9.37. The van der Waals surface area contributed by atoms with Crippen molar-refractivity contribution >= 4 is 68.2 Å². The van der Waals surface area contributed by atoms with Crippen LogP contribution >= 0.6 is 34.8 Å². The van der Waals surface area contributed by atoms with Gasteiger partial charge in [-0.3, -0.25) is 9.52 Å². The van der Waals surface area contributed by atoms with Crippen molar-refractivity contribution < 1.29 is 27.1 Å². The third-order valence-electron chi connectivity index (χ3n) is 4.26. The van der Waals surface area contributed by atoms with Gasteiger partial charge in [-0.25, -0.2) is 22.6 Å². The zero-order chi connectivity index (χ0) is 25.0. The molecular weight excluding hydrogens is 532 g/mol. The molecule has 0 fully saturated rings. The Kier molecular flexibility index (Phi) is 7.98. The van der Waals surface area contributed by atoms with Crippen LogP contribution in [0.4, 0.5) is 15.9 Å². The van der Waals surface area contributed by atoms with E-state index in [0.717, 1.165) is 24.3 Å². The molecular formula is C21H15Cl3FN3O5S. The maximum Gasteiger partial charge on any atom is 0.340 e. The summed E-state index contributed by atoms with van der Waals surface area (Å²) in [6.07, 6.45) is 0.0395. The molecule has 1 aromatic heterocycles. The molecule has 0 saturated carbocycles. The average Bonchev–Trinajstić information content (AvgIpc) is 2.76. The van der Waals surface area contributed by atoms with Crippen molar-refractivity contribution in [2.24, 2.45) is 0 Å².